The standard InChI is InChI=1S/C17H34N4O3/c1-5-18-16(21-10-9-19-15(22)17(2,3)4)20-8-6-11-24-14-7-12-23-13-14/h14H,5-13H2,1-4H3,(H,19,22)(H2,18,20,21). The van der Waals surface area contributed by atoms with Gasteiger partial charge in [-0.15, -0.1) is 0 Å². The zero-order valence-electron chi connectivity index (χ0n) is 15.6. The molecule has 1 fully saturated rings. The van der Waals surface area contributed by atoms with Gasteiger partial charge in [0.1, 0.15) is 0 Å². The van der Waals surface area contributed by atoms with Gasteiger partial charge in [-0.2, -0.15) is 0 Å². The molecule has 0 aromatic carbocycles. The van der Waals surface area contributed by atoms with Crippen LogP contribution in [0.4, 0.5) is 0 Å². The summed E-state index contributed by atoms with van der Waals surface area (Å²) in [5.74, 6) is 0.825. The number of amides is 1. The Labute approximate surface area is 146 Å². The molecule has 0 radical (unpaired) electrons. The Bertz CT molecular complexity index is 388. The maximum Gasteiger partial charge on any atom is 0.225 e. The lowest BCUT2D eigenvalue weighted by molar-refractivity contribution is -0.128. The Morgan fingerprint density at radius 2 is 2.00 bits per heavy atom. The van der Waals surface area contributed by atoms with Gasteiger partial charge in [0.2, 0.25) is 5.91 Å². The second-order valence-corrected chi connectivity index (χ2v) is 6.90. The Balaban J connectivity index is 2.15. The van der Waals surface area contributed by atoms with Crippen LogP contribution in [0.2, 0.25) is 0 Å². The molecule has 1 aliphatic heterocycles. The molecule has 7 heteroatoms. The van der Waals surface area contributed by atoms with E-state index in [0.29, 0.717) is 32.8 Å². The Morgan fingerprint density at radius 3 is 2.62 bits per heavy atom. The zero-order valence-corrected chi connectivity index (χ0v) is 15.6. The molecule has 1 amide bonds. The van der Waals surface area contributed by atoms with E-state index in [9.17, 15) is 4.79 Å². The van der Waals surface area contributed by atoms with Crippen LogP contribution in [0.3, 0.4) is 0 Å². The minimum absolute atomic E-state index is 0.0549. The van der Waals surface area contributed by atoms with Crippen molar-refractivity contribution in [3.05, 3.63) is 0 Å². The maximum absolute atomic E-state index is 11.8. The highest BCUT2D eigenvalue weighted by Gasteiger charge is 2.20. The number of nitrogens with zero attached hydrogens (tertiary/aromatic N) is 1. The fraction of sp³-hybridized carbons (Fsp3) is 0.882. The van der Waals surface area contributed by atoms with Crippen molar-refractivity contribution in [2.75, 3.05) is 46.0 Å². The molecule has 0 aromatic heterocycles. The molecule has 1 aliphatic rings. The maximum atomic E-state index is 11.8. The normalized spacial score (nSPS) is 18.5. The molecule has 3 N–H and O–H groups in total. The van der Waals surface area contributed by atoms with E-state index in [-0.39, 0.29) is 17.4 Å². The molecular formula is C17H34N4O3. The fourth-order valence-corrected chi connectivity index (χ4v) is 2.11. The van der Waals surface area contributed by atoms with Crippen LogP contribution in [0.25, 0.3) is 0 Å². The number of hydrogen-bond acceptors (Lipinski definition) is 4. The van der Waals surface area contributed by atoms with Crippen molar-refractivity contribution in [1.29, 1.82) is 0 Å². The highest BCUT2D eigenvalue weighted by molar-refractivity contribution is 5.81. The second-order valence-electron chi connectivity index (χ2n) is 6.90. The van der Waals surface area contributed by atoms with Gasteiger partial charge in [0.25, 0.3) is 0 Å². The number of guanidine groups is 1. The molecule has 1 unspecified atom stereocenters. The van der Waals surface area contributed by atoms with E-state index < -0.39 is 0 Å². The lowest BCUT2D eigenvalue weighted by Crippen LogP contribution is -2.43. The molecule has 140 valence electrons. The van der Waals surface area contributed by atoms with Gasteiger partial charge in [-0.05, 0) is 19.8 Å². The number of carbonyl (C=O) groups excluding carboxylic acids is 1. The molecule has 1 saturated heterocycles. The number of rotatable bonds is 9. The van der Waals surface area contributed by atoms with Crippen molar-refractivity contribution in [1.82, 2.24) is 16.0 Å². The van der Waals surface area contributed by atoms with Crippen LogP contribution in [0.5, 0.6) is 0 Å². The van der Waals surface area contributed by atoms with Gasteiger partial charge in [0.15, 0.2) is 5.96 Å². The lowest BCUT2D eigenvalue weighted by atomic mass is 9.96. The Hall–Kier alpha value is -1.34. The van der Waals surface area contributed by atoms with Gasteiger partial charge in [-0.25, -0.2) is 0 Å². The first kappa shape index (κ1) is 20.7. The topological polar surface area (TPSA) is 84.0 Å². The predicted molar refractivity (Wildman–Crippen MR) is 96.2 cm³/mol. The minimum Gasteiger partial charge on any atom is -0.379 e. The van der Waals surface area contributed by atoms with Crippen LogP contribution in [0, 0.1) is 5.41 Å². The van der Waals surface area contributed by atoms with Gasteiger partial charge >= 0.3 is 0 Å². The molecule has 0 aromatic rings. The van der Waals surface area contributed by atoms with Crippen molar-refractivity contribution in [2.24, 2.45) is 10.4 Å². The predicted octanol–water partition coefficient (Wildman–Crippen LogP) is 0.899. The number of aliphatic imine (C=N–C) groups is 1. The molecule has 1 heterocycles. The van der Waals surface area contributed by atoms with E-state index in [1.165, 1.54) is 0 Å². The first-order valence-corrected chi connectivity index (χ1v) is 8.93. The summed E-state index contributed by atoms with van der Waals surface area (Å²) in [5, 5.41) is 9.33. The van der Waals surface area contributed by atoms with Crippen LogP contribution < -0.4 is 16.0 Å². The molecular weight excluding hydrogens is 308 g/mol. The average molecular weight is 342 g/mol. The van der Waals surface area contributed by atoms with Crippen molar-refractivity contribution >= 4 is 11.9 Å². The molecule has 0 aliphatic carbocycles. The fourth-order valence-electron chi connectivity index (χ4n) is 2.11. The summed E-state index contributed by atoms with van der Waals surface area (Å²) in [4.78, 5) is 16.3. The van der Waals surface area contributed by atoms with Crippen LogP contribution in [0.15, 0.2) is 4.99 Å². The summed E-state index contributed by atoms with van der Waals surface area (Å²) in [5.41, 5.74) is -0.358. The van der Waals surface area contributed by atoms with E-state index in [4.69, 9.17) is 9.47 Å². The number of nitrogens with one attached hydrogen (secondary N) is 3. The van der Waals surface area contributed by atoms with Crippen LogP contribution in [0.1, 0.15) is 40.5 Å². The largest absolute Gasteiger partial charge is 0.379 e. The summed E-state index contributed by atoms with van der Waals surface area (Å²) in [7, 11) is 0. The zero-order chi connectivity index (χ0) is 17.8. The van der Waals surface area contributed by atoms with E-state index in [0.717, 1.165) is 32.0 Å². The average Bonchev–Trinajstić information content (AvgIpc) is 3.03. The molecule has 1 atom stereocenters. The van der Waals surface area contributed by atoms with Gasteiger partial charge in [-0.3, -0.25) is 9.79 Å². The lowest BCUT2D eigenvalue weighted by Gasteiger charge is -2.18. The van der Waals surface area contributed by atoms with Gasteiger partial charge < -0.3 is 25.4 Å². The van der Waals surface area contributed by atoms with E-state index in [1.54, 1.807) is 0 Å². The van der Waals surface area contributed by atoms with Crippen LogP contribution in [-0.2, 0) is 14.3 Å². The second kappa shape index (κ2) is 11.3. The minimum atomic E-state index is -0.358. The quantitative estimate of drug-likeness (QED) is 0.329. The van der Waals surface area contributed by atoms with Crippen molar-refractivity contribution in [3.8, 4) is 0 Å². The number of ether oxygens (including phenoxy) is 2. The summed E-state index contributed by atoms with van der Waals surface area (Å²) in [6, 6.07) is 0. The number of hydrogen-bond donors (Lipinski definition) is 3. The molecule has 0 bridgehead atoms. The molecule has 24 heavy (non-hydrogen) atoms. The van der Waals surface area contributed by atoms with E-state index >= 15 is 0 Å². The molecule has 0 spiro atoms. The highest BCUT2D eigenvalue weighted by Crippen LogP contribution is 2.11. The van der Waals surface area contributed by atoms with E-state index in [1.807, 2.05) is 27.7 Å². The van der Waals surface area contributed by atoms with Crippen molar-refractivity contribution in [2.45, 2.75) is 46.6 Å². The van der Waals surface area contributed by atoms with Crippen LogP contribution >= 0.6 is 0 Å². The Kier molecular flexibility index (Phi) is 9.71. The first-order valence-electron chi connectivity index (χ1n) is 8.93. The summed E-state index contributed by atoms with van der Waals surface area (Å²) < 4.78 is 11.0. The van der Waals surface area contributed by atoms with Crippen molar-refractivity contribution < 1.29 is 14.3 Å². The van der Waals surface area contributed by atoms with Crippen molar-refractivity contribution in [3.63, 3.8) is 0 Å². The third-order valence-corrected chi connectivity index (χ3v) is 3.54. The molecule has 1 rings (SSSR count). The summed E-state index contributed by atoms with van der Waals surface area (Å²) >= 11 is 0. The third kappa shape index (κ3) is 9.08. The Morgan fingerprint density at radius 1 is 1.25 bits per heavy atom. The molecule has 0 saturated carbocycles. The third-order valence-electron chi connectivity index (χ3n) is 3.54. The van der Waals surface area contributed by atoms with Crippen LogP contribution in [-0.4, -0.2) is 64.0 Å². The first-order chi connectivity index (χ1) is 11.4. The van der Waals surface area contributed by atoms with E-state index in [2.05, 4.69) is 20.9 Å². The monoisotopic (exact) mass is 342 g/mol. The van der Waals surface area contributed by atoms with Gasteiger partial charge in [-0.1, -0.05) is 20.8 Å². The summed E-state index contributed by atoms with van der Waals surface area (Å²) in [6.45, 7) is 12.7. The van der Waals surface area contributed by atoms with Gasteiger partial charge in [0.05, 0.1) is 12.7 Å². The SMILES string of the molecule is CCNC(=NCCCOC1CCOC1)NCCNC(=O)C(C)(C)C. The smallest absolute Gasteiger partial charge is 0.225 e. The number of carbonyl (C=O) groups is 1. The van der Waals surface area contributed by atoms with Gasteiger partial charge in [0, 0.05) is 44.8 Å². The highest BCUT2D eigenvalue weighted by atomic mass is 16.5. The molecule has 7 nitrogen and oxygen atoms in total. The summed E-state index contributed by atoms with van der Waals surface area (Å²) in [6.07, 6.45) is 2.13.